The van der Waals surface area contributed by atoms with Gasteiger partial charge in [0.1, 0.15) is 11.8 Å². The highest BCUT2D eigenvalue weighted by molar-refractivity contribution is 5.97. The van der Waals surface area contributed by atoms with Crippen LogP contribution in [0.2, 0.25) is 0 Å². The van der Waals surface area contributed by atoms with Crippen LogP contribution in [0.4, 0.5) is 0 Å². The second-order valence-electron chi connectivity index (χ2n) is 4.49. The van der Waals surface area contributed by atoms with Crippen molar-refractivity contribution in [2.75, 3.05) is 0 Å². The van der Waals surface area contributed by atoms with E-state index in [1.165, 1.54) is 0 Å². The van der Waals surface area contributed by atoms with Gasteiger partial charge >= 0.3 is 0 Å². The molecule has 0 amide bonds. The predicted molar refractivity (Wildman–Crippen MR) is 60.8 cm³/mol. The van der Waals surface area contributed by atoms with Crippen LogP contribution in [-0.2, 0) is 11.2 Å². The number of carbonyl (C=O) groups is 1. The second kappa shape index (κ2) is 4.80. The summed E-state index contributed by atoms with van der Waals surface area (Å²) in [4.78, 5) is 11.3. The Kier molecular flexibility index (Phi) is 3.68. The maximum absolute atomic E-state index is 11.3. The molecule has 0 fully saturated rings. The number of aromatic hydroxyl groups is 1. The van der Waals surface area contributed by atoms with E-state index in [4.69, 9.17) is 10.4 Å². The molecule has 0 heterocycles. The average molecular weight is 217 g/mol. The summed E-state index contributed by atoms with van der Waals surface area (Å²) in [5.74, 6) is -0.151. The molecule has 0 saturated heterocycles. The third-order valence-corrected chi connectivity index (χ3v) is 2.69. The molecule has 16 heavy (non-hydrogen) atoms. The van der Waals surface area contributed by atoms with E-state index in [1.54, 1.807) is 32.0 Å². The van der Waals surface area contributed by atoms with Gasteiger partial charge in [0.15, 0.2) is 0 Å². The van der Waals surface area contributed by atoms with Gasteiger partial charge in [-0.3, -0.25) is 4.79 Å². The number of phenols is 1. The summed E-state index contributed by atoms with van der Waals surface area (Å²) in [6.07, 6.45) is 1.35. The number of rotatable bonds is 4. The van der Waals surface area contributed by atoms with Crippen molar-refractivity contribution in [3.8, 4) is 11.8 Å². The van der Waals surface area contributed by atoms with E-state index >= 15 is 0 Å². The minimum Gasteiger partial charge on any atom is -0.508 e. The van der Waals surface area contributed by atoms with Gasteiger partial charge in [0.25, 0.3) is 0 Å². The van der Waals surface area contributed by atoms with Gasteiger partial charge in [0.2, 0.25) is 5.78 Å². The van der Waals surface area contributed by atoms with Crippen LogP contribution in [-0.4, -0.2) is 10.9 Å². The molecular weight excluding hydrogens is 202 g/mol. The number of ketones is 1. The molecule has 3 nitrogen and oxygen atoms in total. The standard InChI is InChI=1S/C13H15NO2/c1-13(2,12(16)9-14)8-7-10-3-5-11(15)6-4-10/h3-6,15H,7-8H2,1-2H3. The van der Waals surface area contributed by atoms with Crippen LogP contribution in [0, 0.1) is 16.7 Å². The van der Waals surface area contributed by atoms with Gasteiger partial charge in [-0.25, -0.2) is 0 Å². The van der Waals surface area contributed by atoms with Crippen LogP contribution in [0.5, 0.6) is 5.75 Å². The smallest absolute Gasteiger partial charge is 0.237 e. The van der Waals surface area contributed by atoms with Gasteiger partial charge < -0.3 is 5.11 Å². The Balaban J connectivity index is 2.61. The first-order valence-corrected chi connectivity index (χ1v) is 5.18. The fraction of sp³-hybridized carbons (Fsp3) is 0.385. The largest absolute Gasteiger partial charge is 0.508 e. The van der Waals surface area contributed by atoms with Gasteiger partial charge in [0, 0.05) is 5.41 Å². The topological polar surface area (TPSA) is 61.1 Å². The Bertz CT molecular complexity index is 413. The summed E-state index contributed by atoms with van der Waals surface area (Å²) < 4.78 is 0. The molecule has 84 valence electrons. The molecule has 0 aliphatic heterocycles. The summed E-state index contributed by atoms with van der Waals surface area (Å²) in [5.41, 5.74) is 0.448. The zero-order valence-electron chi connectivity index (χ0n) is 9.53. The Morgan fingerprint density at radius 3 is 2.44 bits per heavy atom. The maximum Gasteiger partial charge on any atom is 0.237 e. The Morgan fingerprint density at radius 2 is 1.94 bits per heavy atom. The van der Waals surface area contributed by atoms with Crippen LogP contribution in [0.1, 0.15) is 25.8 Å². The number of phenolic OH excluding ortho intramolecular Hbond substituents is 1. The van der Waals surface area contributed by atoms with Crippen molar-refractivity contribution in [3.63, 3.8) is 0 Å². The highest BCUT2D eigenvalue weighted by Gasteiger charge is 2.26. The van der Waals surface area contributed by atoms with Crippen LogP contribution >= 0.6 is 0 Å². The Labute approximate surface area is 95.3 Å². The van der Waals surface area contributed by atoms with E-state index in [9.17, 15) is 4.79 Å². The first-order chi connectivity index (χ1) is 7.45. The Morgan fingerprint density at radius 1 is 1.38 bits per heavy atom. The zero-order valence-corrected chi connectivity index (χ0v) is 9.53. The van der Waals surface area contributed by atoms with Crippen LogP contribution in [0.15, 0.2) is 24.3 Å². The molecular formula is C13H15NO2. The Hall–Kier alpha value is -1.82. The summed E-state index contributed by atoms with van der Waals surface area (Å²) in [6, 6.07) is 8.55. The first kappa shape index (κ1) is 12.3. The van der Waals surface area contributed by atoms with E-state index in [0.717, 1.165) is 12.0 Å². The third kappa shape index (κ3) is 3.09. The normalized spacial score (nSPS) is 10.8. The number of carbonyl (C=O) groups excluding carboxylic acids is 1. The van der Waals surface area contributed by atoms with Crippen molar-refractivity contribution in [1.29, 1.82) is 5.26 Å². The number of nitriles is 1. The number of aryl methyl sites for hydroxylation is 1. The lowest BCUT2D eigenvalue weighted by Gasteiger charge is -2.18. The highest BCUT2D eigenvalue weighted by atomic mass is 16.3. The quantitative estimate of drug-likeness (QED) is 0.788. The molecule has 0 unspecified atom stereocenters. The molecule has 0 radical (unpaired) electrons. The van der Waals surface area contributed by atoms with E-state index in [-0.39, 0.29) is 11.5 Å². The monoisotopic (exact) mass is 217 g/mol. The van der Waals surface area contributed by atoms with E-state index in [1.807, 2.05) is 12.1 Å². The van der Waals surface area contributed by atoms with Crippen molar-refractivity contribution in [2.24, 2.45) is 5.41 Å². The van der Waals surface area contributed by atoms with Gasteiger partial charge in [-0.2, -0.15) is 5.26 Å². The minimum atomic E-state index is -0.605. The molecule has 0 aromatic heterocycles. The fourth-order valence-corrected chi connectivity index (χ4v) is 1.38. The molecule has 3 heteroatoms. The molecule has 0 spiro atoms. The van der Waals surface area contributed by atoms with Gasteiger partial charge in [0.05, 0.1) is 0 Å². The first-order valence-electron chi connectivity index (χ1n) is 5.18. The molecule has 0 atom stereocenters. The molecule has 1 N–H and O–H groups in total. The van der Waals surface area contributed by atoms with Gasteiger partial charge in [-0.15, -0.1) is 0 Å². The zero-order chi connectivity index (χ0) is 12.2. The van der Waals surface area contributed by atoms with E-state index in [0.29, 0.717) is 6.42 Å². The van der Waals surface area contributed by atoms with Gasteiger partial charge in [-0.05, 0) is 30.5 Å². The van der Waals surface area contributed by atoms with Crippen LogP contribution in [0.25, 0.3) is 0 Å². The van der Waals surface area contributed by atoms with E-state index in [2.05, 4.69) is 0 Å². The lowest BCUT2D eigenvalue weighted by molar-refractivity contribution is -0.121. The van der Waals surface area contributed by atoms with Crippen molar-refractivity contribution < 1.29 is 9.90 Å². The molecule has 1 aromatic carbocycles. The minimum absolute atomic E-state index is 0.233. The number of nitrogens with zero attached hydrogens (tertiary/aromatic N) is 1. The van der Waals surface area contributed by atoms with Crippen molar-refractivity contribution in [2.45, 2.75) is 26.7 Å². The lowest BCUT2D eigenvalue weighted by Crippen LogP contribution is -2.23. The number of benzene rings is 1. The molecule has 0 aliphatic rings. The average Bonchev–Trinajstić information content (AvgIpc) is 2.27. The number of hydrogen-bond donors (Lipinski definition) is 1. The fourth-order valence-electron chi connectivity index (χ4n) is 1.38. The van der Waals surface area contributed by atoms with Crippen molar-refractivity contribution in [1.82, 2.24) is 0 Å². The highest BCUT2D eigenvalue weighted by Crippen LogP contribution is 2.24. The summed E-state index contributed by atoms with van der Waals surface area (Å²) in [5, 5.41) is 17.7. The molecule has 0 saturated carbocycles. The number of Topliss-reactive ketones (excluding diaryl/α,β-unsaturated/α-hetero) is 1. The van der Waals surface area contributed by atoms with Crippen LogP contribution < -0.4 is 0 Å². The summed E-state index contributed by atoms with van der Waals surface area (Å²) in [6.45, 7) is 3.55. The molecule has 1 rings (SSSR count). The number of hydrogen-bond acceptors (Lipinski definition) is 3. The SMILES string of the molecule is CC(C)(CCc1ccc(O)cc1)C(=O)C#N. The summed E-state index contributed by atoms with van der Waals surface area (Å²) in [7, 11) is 0. The van der Waals surface area contributed by atoms with Gasteiger partial charge in [-0.1, -0.05) is 26.0 Å². The lowest BCUT2D eigenvalue weighted by atomic mass is 9.82. The van der Waals surface area contributed by atoms with Crippen molar-refractivity contribution in [3.05, 3.63) is 29.8 Å². The van der Waals surface area contributed by atoms with E-state index < -0.39 is 5.41 Å². The van der Waals surface area contributed by atoms with Crippen molar-refractivity contribution >= 4 is 5.78 Å². The third-order valence-electron chi connectivity index (χ3n) is 2.69. The second-order valence-corrected chi connectivity index (χ2v) is 4.49. The predicted octanol–water partition coefficient (Wildman–Crippen LogP) is 2.44. The molecule has 1 aromatic rings. The molecule has 0 aliphatic carbocycles. The summed E-state index contributed by atoms with van der Waals surface area (Å²) >= 11 is 0. The maximum atomic E-state index is 11.3. The molecule has 0 bridgehead atoms. The van der Waals surface area contributed by atoms with Crippen LogP contribution in [0.3, 0.4) is 0 Å².